The zero-order valence-corrected chi connectivity index (χ0v) is 11.4. The number of thioether (sulfide) groups is 2. The Balaban J connectivity index is 2.40. The Morgan fingerprint density at radius 3 is 2.76 bits per heavy atom. The van der Waals surface area contributed by atoms with E-state index in [0.29, 0.717) is 11.6 Å². The lowest BCUT2D eigenvalue weighted by molar-refractivity contribution is 0.414. The van der Waals surface area contributed by atoms with Gasteiger partial charge in [-0.25, -0.2) is 0 Å². The van der Waals surface area contributed by atoms with E-state index in [9.17, 15) is 0 Å². The van der Waals surface area contributed by atoms with Gasteiger partial charge in [-0.15, -0.1) is 23.5 Å². The van der Waals surface area contributed by atoms with Gasteiger partial charge in [0, 0.05) is 6.07 Å². The van der Waals surface area contributed by atoms with Crippen molar-refractivity contribution in [1.29, 1.82) is 0 Å². The molecule has 0 aliphatic rings. The van der Waals surface area contributed by atoms with E-state index in [1.165, 1.54) is 0 Å². The van der Waals surface area contributed by atoms with Gasteiger partial charge in [-0.3, -0.25) is 0 Å². The predicted molar refractivity (Wildman–Crippen MR) is 74.7 cm³/mol. The number of hydrogen-bond acceptors (Lipinski definition) is 6. The zero-order valence-electron chi connectivity index (χ0n) is 9.76. The van der Waals surface area contributed by atoms with Crippen LogP contribution in [0, 0.1) is 0 Å². The Hall–Kier alpha value is -1.14. The Morgan fingerprint density at radius 1 is 1.35 bits per heavy atom. The second-order valence-corrected chi connectivity index (χ2v) is 4.96. The topological polar surface area (TPSA) is 47.6 Å². The van der Waals surface area contributed by atoms with Crippen molar-refractivity contribution in [3.8, 4) is 5.75 Å². The van der Waals surface area contributed by atoms with Gasteiger partial charge in [0.25, 0.3) is 0 Å². The highest BCUT2D eigenvalue weighted by Gasteiger charge is 2.07. The molecule has 1 heterocycles. The normalized spacial score (nSPS) is 10.5. The third-order valence-electron chi connectivity index (χ3n) is 2.12. The Bertz CT molecular complexity index is 545. The SMILES string of the molecule is COc1ccc2nc(N=C(SC)SC)oc2c1. The average molecular weight is 268 g/mol. The number of methoxy groups -OCH3 is 1. The molecule has 0 fully saturated rings. The van der Waals surface area contributed by atoms with Gasteiger partial charge in [0.2, 0.25) is 0 Å². The monoisotopic (exact) mass is 268 g/mol. The smallest absolute Gasteiger partial charge is 0.324 e. The average Bonchev–Trinajstić information content (AvgIpc) is 2.76. The Labute approximate surface area is 108 Å². The Kier molecular flexibility index (Phi) is 3.96. The summed E-state index contributed by atoms with van der Waals surface area (Å²) >= 11 is 3.14. The number of fused-ring (bicyclic) bond motifs is 1. The third-order valence-corrected chi connectivity index (χ3v) is 4.00. The molecule has 0 N–H and O–H groups in total. The first kappa shape index (κ1) is 12.3. The van der Waals surface area contributed by atoms with E-state index in [1.807, 2.05) is 24.6 Å². The van der Waals surface area contributed by atoms with Crippen LogP contribution in [0.3, 0.4) is 0 Å². The van der Waals surface area contributed by atoms with Crippen LogP contribution in [0.15, 0.2) is 27.6 Å². The molecule has 2 rings (SSSR count). The van der Waals surface area contributed by atoms with Crippen LogP contribution in [-0.4, -0.2) is 29.0 Å². The van der Waals surface area contributed by atoms with Crippen molar-refractivity contribution in [2.75, 3.05) is 19.6 Å². The molecule has 0 atom stereocenters. The second-order valence-electron chi connectivity index (χ2n) is 3.12. The fourth-order valence-electron chi connectivity index (χ4n) is 1.32. The van der Waals surface area contributed by atoms with Crippen molar-refractivity contribution in [1.82, 2.24) is 4.98 Å². The van der Waals surface area contributed by atoms with Gasteiger partial charge in [-0.05, 0) is 24.6 Å². The second kappa shape index (κ2) is 5.46. The van der Waals surface area contributed by atoms with Crippen LogP contribution in [0.25, 0.3) is 11.1 Å². The van der Waals surface area contributed by atoms with E-state index in [0.717, 1.165) is 15.6 Å². The fourth-order valence-corrected chi connectivity index (χ4v) is 2.33. The molecule has 0 amide bonds. The number of oxazole rings is 1. The molecule has 0 aliphatic heterocycles. The Morgan fingerprint density at radius 2 is 2.12 bits per heavy atom. The maximum Gasteiger partial charge on any atom is 0.324 e. The molecule has 1 aromatic carbocycles. The molecule has 0 radical (unpaired) electrons. The minimum Gasteiger partial charge on any atom is -0.497 e. The summed E-state index contributed by atoms with van der Waals surface area (Å²) in [6.07, 6.45) is 3.95. The van der Waals surface area contributed by atoms with Crippen LogP contribution in [0.2, 0.25) is 0 Å². The number of nitrogens with zero attached hydrogens (tertiary/aromatic N) is 2. The molecule has 0 saturated carbocycles. The molecular formula is C11H12N2O2S2. The third kappa shape index (κ3) is 2.76. The van der Waals surface area contributed by atoms with Crippen molar-refractivity contribution >= 4 is 45.0 Å². The largest absolute Gasteiger partial charge is 0.497 e. The van der Waals surface area contributed by atoms with Crippen LogP contribution < -0.4 is 4.74 Å². The molecule has 6 heteroatoms. The molecule has 1 aromatic heterocycles. The van der Waals surface area contributed by atoms with Crippen LogP contribution in [0.5, 0.6) is 5.75 Å². The van der Waals surface area contributed by atoms with E-state index in [4.69, 9.17) is 9.15 Å². The van der Waals surface area contributed by atoms with Gasteiger partial charge in [-0.1, -0.05) is 0 Å². The van der Waals surface area contributed by atoms with E-state index in [1.54, 1.807) is 36.7 Å². The van der Waals surface area contributed by atoms with Crippen molar-refractivity contribution in [2.24, 2.45) is 4.99 Å². The quantitative estimate of drug-likeness (QED) is 0.615. The molecule has 0 unspecified atom stereocenters. The summed E-state index contributed by atoms with van der Waals surface area (Å²) in [4.78, 5) is 8.60. The number of ether oxygens (including phenoxy) is 1. The summed E-state index contributed by atoms with van der Waals surface area (Å²) in [6, 6.07) is 5.89. The lowest BCUT2D eigenvalue weighted by Gasteiger charge is -1.95. The molecule has 4 nitrogen and oxygen atoms in total. The van der Waals surface area contributed by atoms with E-state index in [-0.39, 0.29) is 0 Å². The van der Waals surface area contributed by atoms with E-state index in [2.05, 4.69) is 9.98 Å². The van der Waals surface area contributed by atoms with Crippen molar-refractivity contribution < 1.29 is 9.15 Å². The maximum atomic E-state index is 5.54. The van der Waals surface area contributed by atoms with Crippen LogP contribution in [0.1, 0.15) is 0 Å². The zero-order chi connectivity index (χ0) is 12.3. The van der Waals surface area contributed by atoms with E-state index < -0.39 is 0 Å². The minimum atomic E-state index is 0.381. The maximum absolute atomic E-state index is 5.54. The first-order valence-electron chi connectivity index (χ1n) is 4.88. The van der Waals surface area contributed by atoms with Gasteiger partial charge >= 0.3 is 6.01 Å². The van der Waals surface area contributed by atoms with E-state index >= 15 is 0 Å². The number of hydrogen-bond donors (Lipinski definition) is 0. The summed E-state index contributed by atoms with van der Waals surface area (Å²) in [5, 5.41) is 0. The summed E-state index contributed by atoms with van der Waals surface area (Å²) in [6.45, 7) is 0. The highest BCUT2D eigenvalue weighted by molar-refractivity contribution is 8.38. The van der Waals surface area contributed by atoms with Crippen LogP contribution in [-0.2, 0) is 0 Å². The lowest BCUT2D eigenvalue weighted by atomic mass is 10.3. The van der Waals surface area contributed by atoms with Gasteiger partial charge in [0.15, 0.2) is 5.58 Å². The molecular weight excluding hydrogens is 256 g/mol. The summed E-state index contributed by atoms with van der Waals surface area (Å²) in [5.41, 5.74) is 1.47. The van der Waals surface area contributed by atoms with Gasteiger partial charge in [0.1, 0.15) is 15.6 Å². The highest BCUT2D eigenvalue weighted by atomic mass is 32.2. The number of aromatic nitrogens is 1. The fraction of sp³-hybridized carbons (Fsp3) is 0.273. The lowest BCUT2D eigenvalue weighted by Crippen LogP contribution is -1.80. The molecule has 0 spiro atoms. The molecule has 90 valence electrons. The number of benzene rings is 1. The molecule has 0 aliphatic carbocycles. The standard InChI is InChI=1S/C11H12N2O2S2/c1-14-7-4-5-8-9(6-7)15-10(12-8)13-11(16-2)17-3/h4-6H,1-3H3. The van der Waals surface area contributed by atoms with Crippen molar-refractivity contribution in [3.63, 3.8) is 0 Å². The van der Waals surface area contributed by atoms with Crippen LogP contribution in [0.4, 0.5) is 6.01 Å². The first-order chi connectivity index (χ1) is 8.26. The number of rotatable bonds is 2. The minimum absolute atomic E-state index is 0.381. The van der Waals surface area contributed by atoms with Crippen molar-refractivity contribution in [2.45, 2.75) is 0 Å². The van der Waals surface area contributed by atoms with Gasteiger partial charge in [0.05, 0.1) is 7.11 Å². The summed E-state index contributed by atoms with van der Waals surface area (Å²) in [7, 11) is 1.62. The first-order valence-corrected chi connectivity index (χ1v) is 7.33. The molecule has 17 heavy (non-hydrogen) atoms. The summed E-state index contributed by atoms with van der Waals surface area (Å²) in [5.74, 6) is 0.749. The predicted octanol–water partition coefficient (Wildman–Crippen LogP) is 3.55. The highest BCUT2D eigenvalue weighted by Crippen LogP contribution is 2.26. The molecule has 2 aromatic rings. The van der Waals surface area contributed by atoms with Gasteiger partial charge in [-0.2, -0.15) is 9.98 Å². The van der Waals surface area contributed by atoms with Crippen molar-refractivity contribution in [3.05, 3.63) is 18.2 Å². The van der Waals surface area contributed by atoms with Gasteiger partial charge < -0.3 is 9.15 Å². The molecule has 0 saturated heterocycles. The number of aliphatic imine (C=N–C) groups is 1. The van der Waals surface area contributed by atoms with Crippen LogP contribution >= 0.6 is 23.5 Å². The molecule has 0 bridgehead atoms. The summed E-state index contributed by atoms with van der Waals surface area (Å²) < 4.78 is 11.6.